The Bertz CT molecular complexity index is 1010. The molecule has 0 saturated heterocycles. The van der Waals surface area contributed by atoms with E-state index in [2.05, 4.69) is 26.7 Å². The molecule has 3 aromatic rings. The van der Waals surface area contributed by atoms with Gasteiger partial charge in [-0.25, -0.2) is 9.97 Å². The molecule has 2 N–H and O–H groups in total. The Morgan fingerprint density at radius 1 is 0.966 bits per heavy atom. The molecule has 1 amide bonds. The van der Waals surface area contributed by atoms with Crippen molar-refractivity contribution in [2.45, 2.75) is 40.7 Å². The third-order valence-electron chi connectivity index (χ3n) is 4.06. The van der Waals surface area contributed by atoms with Crippen LogP contribution >= 0.6 is 0 Å². The number of nitrogens with zero attached hydrogens (tertiary/aromatic N) is 2. The lowest BCUT2D eigenvalue weighted by molar-refractivity contribution is 0.102. The van der Waals surface area contributed by atoms with Crippen LogP contribution in [0, 0.1) is 20.8 Å². The van der Waals surface area contributed by atoms with Crippen LogP contribution in [0.4, 0.5) is 17.2 Å². The highest BCUT2D eigenvalue weighted by molar-refractivity contribution is 6.04. The average molecular weight is 390 g/mol. The first-order valence-corrected chi connectivity index (χ1v) is 9.58. The van der Waals surface area contributed by atoms with Crippen LogP contribution in [-0.2, 0) is 0 Å². The minimum atomic E-state index is -0.321. The van der Waals surface area contributed by atoms with Crippen molar-refractivity contribution in [3.63, 3.8) is 0 Å². The van der Waals surface area contributed by atoms with Gasteiger partial charge >= 0.3 is 0 Å². The fourth-order valence-corrected chi connectivity index (χ4v) is 3.06. The van der Waals surface area contributed by atoms with E-state index in [1.54, 1.807) is 19.1 Å². The van der Waals surface area contributed by atoms with Crippen molar-refractivity contribution in [1.29, 1.82) is 0 Å². The van der Waals surface area contributed by atoms with E-state index in [0.29, 0.717) is 23.1 Å². The van der Waals surface area contributed by atoms with E-state index in [1.165, 1.54) is 0 Å². The normalized spacial score (nSPS) is 10.7. The van der Waals surface area contributed by atoms with Crippen LogP contribution in [0.5, 0.6) is 5.75 Å². The molecule has 0 aliphatic heterocycles. The van der Waals surface area contributed by atoms with E-state index in [4.69, 9.17) is 4.74 Å². The molecule has 2 aromatic carbocycles. The summed E-state index contributed by atoms with van der Waals surface area (Å²) in [4.78, 5) is 21.5. The molecule has 0 atom stereocenters. The van der Waals surface area contributed by atoms with E-state index in [9.17, 15) is 4.79 Å². The molecule has 29 heavy (non-hydrogen) atoms. The van der Waals surface area contributed by atoms with Crippen molar-refractivity contribution in [2.75, 3.05) is 10.6 Å². The Morgan fingerprint density at radius 2 is 1.66 bits per heavy atom. The molecule has 0 bridgehead atoms. The monoisotopic (exact) mass is 390 g/mol. The standard InChI is InChI=1S/C23H26N4O2/c1-14(2)29-21-9-7-6-8-19(21)27-23(28)20-13-22(25-17(5)24-20)26-18-11-15(3)10-16(4)12-18/h6-14H,1-5H3,(H,27,28)(H,24,25,26). The second-order valence-electron chi connectivity index (χ2n) is 7.30. The maximum atomic E-state index is 12.8. The van der Waals surface area contributed by atoms with Crippen LogP contribution < -0.4 is 15.4 Å². The lowest BCUT2D eigenvalue weighted by Gasteiger charge is -2.15. The van der Waals surface area contributed by atoms with E-state index >= 15 is 0 Å². The molecule has 0 aliphatic carbocycles. The molecule has 0 unspecified atom stereocenters. The summed E-state index contributed by atoms with van der Waals surface area (Å²) >= 11 is 0. The van der Waals surface area contributed by atoms with E-state index in [0.717, 1.165) is 16.8 Å². The van der Waals surface area contributed by atoms with Gasteiger partial charge in [-0.2, -0.15) is 0 Å². The lowest BCUT2D eigenvalue weighted by atomic mass is 10.1. The minimum absolute atomic E-state index is 0.00272. The number of carbonyl (C=O) groups excluding carboxylic acids is 1. The largest absolute Gasteiger partial charge is 0.489 e. The van der Waals surface area contributed by atoms with Crippen molar-refractivity contribution in [1.82, 2.24) is 9.97 Å². The highest BCUT2D eigenvalue weighted by Gasteiger charge is 2.14. The van der Waals surface area contributed by atoms with Crippen molar-refractivity contribution in [2.24, 2.45) is 0 Å². The number of anilines is 3. The van der Waals surface area contributed by atoms with Crippen LogP contribution in [0.3, 0.4) is 0 Å². The Balaban J connectivity index is 1.83. The van der Waals surface area contributed by atoms with Crippen LogP contribution in [0.1, 0.15) is 41.3 Å². The van der Waals surface area contributed by atoms with Crippen LogP contribution in [-0.4, -0.2) is 22.0 Å². The molecule has 1 heterocycles. The molecule has 1 aromatic heterocycles. The van der Waals surface area contributed by atoms with Crippen molar-refractivity contribution in [3.8, 4) is 5.75 Å². The van der Waals surface area contributed by atoms with Gasteiger partial charge in [0.1, 0.15) is 23.1 Å². The minimum Gasteiger partial charge on any atom is -0.489 e. The molecular formula is C23H26N4O2. The smallest absolute Gasteiger partial charge is 0.274 e. The van der Waals surface area contributed by atoms with E-state index < -0.39 is 0 Å². The van der Waals surface area contributed by atoms with Gasteiger partial charge in [-0.3, -0.25) is 4.79 Å². The summed E-state index contributed by atoms with van der Waals surface area (Å²) in [5, 5.41) is 6.15. The van der Waals surface area contributed by atoms with Gasteiger partial charge in [0.2, 0.25) is 0 Å². The first-order valence-electron chi connectivity index (χ1n) is 9.58. The predicted molar refractivity (Wildman–Crippen MR) is 116 cm³/mol. The molecule has 0 fully saturated rings. The van der Waals surface area contributed by atoms with Gasteiger partial charge in [0.05, 0.1) is 11.8 Å². The molecule has 0 radical (unpaired) electrons. The van der Waals surface area contributed by atoms with Gasteiger partial charge in [-0.05, 0) is 70.0 Å². The third-order valence-corrected chi connectivity index (χ3v) is 4.06. The molecule has 0 aliphatic rings. The van der Waals surface area contributed by atoms with Crippen LogP contribution in [0.2, 0.25) is 0 Å². The quantitative estimate of drug-likeness (QED) is 0.606. The number of amides is 1. The number of ether oxygens (including phenoxy) is 1. The molecule has 6 heteroatoms. The SMILES string of the molecule is Cc1cc(C)cc(Nc2cc(C(=O)Nc3ccccc3OC(C)C)nc(C)n2)c1. The predicted octanol–water partition coefficient (Wildman–Crippen LogP) is 5.18. The zero-order valence-corrected chi connectivity index (χ0v) is 17.4. The second kappa shape index (κ2) is 8.73. The number of rotatable bonds is 6. The Hall–Kier alpha value is -3.41. The summed E-state index contributed by atoms with van der Waals surface area (Å²) in [5.41, 5.74) is 4.11. The Labute approximate surface area is 171 Å². The van der Waals surface area contributed by atoms with E-state index in [-0.39, 0.29) is 17.7 Å². The topological polar surface area (TPSA) is 76.1 Å². The van der Waals surface area contributed by atoms with Gasteiger partial charge in [0, 0.05) is 11.8 Å². The summed E-state index contributed by atoms with van der Waals surface area (Å²) in [6.45, 7) is 9.73. The number of aryl methyl sites for hydroxylation is 3. The average Bonchev–Trinajstić information content (AvgIpc) is 2.61. The van der Waals surface area contributed by atoms with Crippen LogP contribution in [0.25, 0.3) is 0 Å². The molecule has 150 valence electrons. The van der Waals surface area contributed by atoms with Gasteiger partial charge in [0.25, 0.3) is 5.91 Å². The number of aromatic nitrogens is 2. The van der Waals surface area contributed by atoms with Crippen molar-refractivity contribution < 1.29 is 9.53 Å². The number of benzene rings is 2. The fourth-order valence-electron chi connectivity index (χ4n) is 3.06. The summed E-state index contributed by atoms with van der Waals surface area (Å²) in [7, 11) is 0. The Morgan fingerprint density at radius 3 is 2.34 bits per heavy atom. The third kappa shape index (κ3) is 5.54. The second-order valence-corrected chi connectivity index (χ2v) is 7.30. The summed E-state index contributed by atoms with van der Waals surface area (Å²) < 4.78 is 5.77. The summed E-state index contributed by atoms with van der Waals surface area (Å²) in [6.07, 6.45) is 0.00272. The number of carbonyl (C=O) groups is 1. The van der Waals surface area contributed by atoms with Crippen molar-refractivity contribution in [3.05, 3.63) is 71.2 Å². The maximum Gasteiger partial charge on any atom is 0.274 e. The first-order chi connectivity index (χ1) is 13.8. The van der Waals surface area contributed by atoms with Crippen molar-refractivity contribution >= 4 is 23.1 Å². The number of hydrogen-bond acceptors (Lipinski definition) is 5. The van der Waals surface area contributed by atoms with Gasteiger partial charge in [-0.15, -0.1) is 0 Å². The van der Waals surface area contributed by atoms with Gasteiger partial charge < -0.3 is 15.4 Å². The molecule has 0 saturated carbocycles. The molecule has 6 nitrogen and oxygen atoms in total. The zero-order valence-electron chi connectivity index (χ0n) is 17.4. The molecular weight excluding hydrogens is 364 g/mol. The number of nitrogens with one attached hydrogen (secondary N) is 2. The molecule has 0 spiro atoms. The van der Waals surface area contributed by atoms with Crippen LogP contribution in [0.15, 0.2) is 48.5 Å². The summed E-state index contributed by atoms with van der Waals surface area (Å²) in [6, 6.07) is 15.2. The van der Waals surface area contributed by atoms with Gasteiger partial charge in [0.15, 0.2) is 0 Å². The highest BCUT2D eigenvalue weighted by atomic mass is 16.5. The summed E-state index contributed by atoms with van der Waals surface area (Å²) in [5.74, 6) is 1.38. The zero-order chi connectivity index (χ0) is 21.0. The maximum absolute atomic E-state index is 12.8. The first kappa shape index (κ1) is 20.3. The number of para-hydroxylation sites is 2. The number of hydrogen-bond donors (Lipinski definition) is 2. The van der Waals surface area contributed by atoms with E-state index in [1.807, 2.05) is 58.0 Å². The highest BCUT2D eigenvalue weighted by Crippen LogP contribution is 2.26. The fraction of sp³-hybridized carbons (Fsp3) is 0.261. The van der Waals surface area contributed by atoms with Gasteiger partial charge in [-0.1, -0.05) is 18.2 Å². The lowest BCUT2D eigenvalue weighted by Crippen LogP contribution is -2.17. The molecule has 3 rings (SSSR count). The Kier molecular flexibility index (Phi) is 6.12.